The molecule has 12 heteroatoms. The standard InChI is InChI=1S/C16H25N3O3S.C2HF3O2/c1-2-23(20,21)18-15-12-19(10-13-5-3-7-17-9-13)11-14-6-4-8-22-16(14)15;3-2(4,5)1(6)7/h3,5,7,9,14-16,18H,2,4,6,8,10-12H2,1H3;(H,6,7)/t14-,15+,16-;/m0./s1. The maximum atomic E-state index is 12.0. The van der Waals surface area contributed by atoms with Gasteiger partial charge in [0, 0.05) is 38.6 Å². The molecule has 0 radical (unpaired) electrons. The molecule has 2 aliphatic heterocycles. The highest BCUT2D eigenvalue weighted by atomic mass is 32.2. The lowest BCUT2D eigenvalue weighted by molar-refractivity contribution is -0.192. The summed E-state index contributed by atoms with van der Waals surface area (Å²) in [5.74, 6) is -2.27. The summed E-state index contributed by atoms with van der Waals surface area (Å²) in [6, 6.07) is 3.82. The van der Waals surface area contributed by atoms with Crippen molar-refractivity contribution in [2.24, 2.45) is 5.92 Å². The average molecular weight is 453 g/mol. The highest BCUT2D eigenvalue weighted by Gasteiger charge is 2.40. The van der Waals surface area contributed by atoms with E-state index in [1.165, 1.54) is 0 Å². The van der Waals surface area contributed by atoms with Crippen LogP contribution < -0.4 is 4.72 Å². The fourth-order valence-electron chi connectivity index (χ4n) is 3.59. The van der Waals surface area contributed by atoms with Gasteiger partial charge in [-0.05, 0) is 37.3 Å². The van der Waals surface area contributed by atoms with Gasteiger partial charge >= 0.3 is 12.1 Å². The maximum absolute atomic E-state index is 12.0. The van der Waals surface area contributed by atoms with Gasteiger partial charge < -0.3 is 9.84 Å². The van der Waals surface area contributed by atoms with E-state index in [9.17, 15) is 21.6 Å². The summed E-state index contributed by atoms with van der Waals surface area (Å²) in [6.07, 6.45) is 0.695. The molecule has 0 saturated carbocycles. The van der Waals surface area contributed by atoms with Gasteiger partial charge in [0.05, 0.1) is 17.9 Å². The van der Waals surface area contributed by atoms with Gasteiger partial charge in [-0.3, -0.25) is 9.88 Å². The molecular formula is C18H26F3N3O5S. The zero-order chi connectivity index (χ0) is 22.4. The molecule has 170 valence electrons. The zero-order valence-corrected chi connectivity index (χ0v) is 17.3. The van der Waals surface area contributed by atoms with Crippen molar-refractivity contribution in [3.8, 4) is 0 Å². The molecule has 1 aromatic heterocycles. The Morgan fingerprint density at radius 1 is 1.40 bits per heavy atom. The molecule has 0 aromatic carbocycles. The minimum absolute atomic E-state index is 0.00442. The van der Waals surface area contributed by atoms with Crippen LogP contribution in [0.4, 0.5) is 13.2 Å². The van der Waals surface area contributed by atoms with Crippen LogP contribution in [-0.2, 0) is 26.1 Å². The Hall–Kier alpha value is -1.76. The number of fused-ring (bicyclic) bond motifs is 1. The number of carbonyl (C=O) groups is 1. The third kappa shape index (κ3) is 7.49. The highest BCUT2D eigenvalue weighted by Crippen LogP contribution is 2.29. The molecule has 0 unspecified atom stereocenters. The number of pyridine rings is 1. The Kier molecular flexibility index (Phi) is 8.59. The Balaban J connectivity index is 0.000000396. The normalized spacial score (nSPS) is 25.0. The Morgan fingerprint density at radius 3 is 2.67 bits per heavy atom. The summed E-state index contributed by atoms with van der Waals surface area (Å²) in [6.45, 7) is 4.81. The molecule has 0 aliphatic carbocycles. The second-order valence-electron chi connectivity index (χ2n) is 7.22. The summed E-state index contributed by atoms with van der Waals surface area (Å²) in [5.41, 5.74) is 1.15. The number of carboxylic acid groups (broad SMARTS) is 1. The SMILES string of the molecule is CCS(=O)(=O)N[C@@H]1CN(Cc2cccnc2)C[C@@H]2CCCO[C@@H]21.O=C(O)C(F)(F)F. The van der Waals surface area contributed by atoms with Crippen LogP contribution in [0.2, 0.25) is 0 Å². The zero-order valence-electron chi connectivity index (χ0n) is 16.5. The Bertz CT molecular complexity index is 792. The summed E-state index contributed by atoms with van der Waals surface area (Å²) < 4.78 is 64.5. The van der Waals surface area contributed by atoms with E-state index in [1.54, 1.807) is 13.1 Å². The van der Waals surface area contributed by atoms with Gasteiger partial charge in [0.25, 0.3) is 0 Å². The van der Waals surface area contributed by atoms with Gasteiger partial charge in [0.1, 0.15) is 0 Å². The molecule has 1 aromatic rings. The summed E-state index contributed by atoms with van der Waals surface area (Å²) >= 11 is 0. The summed E-state index contributed by atoms with van der Waals surface area (Å²) in [5, 5.41) is 7.12. The summed E-state index contributed by atoms with van der Waals surface area (Å²) in [4.78, 5) is 15.4. The van der Waals surface area contributed by atoms with E-state index in [1.807, 2.05) is 12.3 Å². The molecule has 2 fully saturated rings. The van der Waals surface area contributed by atoms with Crippen LogP contribution in [0.15, 0.2) is 24.5 Å². The van der Waals surface area contributed by atoms with Crippen molar-refractivity contribution in [2.45, 2.75) is 44.6 Å². The predicted octanol–water partition coefficient (Wildman–Crippen LogP) is 1.63. The molecule has 3 atom stereocenters. The fourth-order valence-corrected chi connectivity index (χ4v) is 4.43. The first-order chi connectivity index (χ1) is 14.0. The van der Waals surface area contributed by atoms with Gasteiger partial charge in [0.2, 0.25) is 10.0 Å². The van der Waals surface area contributed by atoms with E-state index in [2.05, 4.69) is 20.7 Å². The van der Waals surface area contributed by atoms with E-state index in [0.717, 1.165) is 38.1 Å². The van der Waals surface area contributed by atoms with E-state index in [0.29, 0.717) is 12.5 Å². The van der Waals surface area contributed by atoms with Crippen molar-refractivity contribution >= 4 is 16.0 Å². The van der Waals surface area contributed by atoms with E-state index in [-0.39, 0.29) is 17.9 Å². The van der Waals surface area contributed by atoms with Crippen LogP contribution in [0.1, 0.15) is 25.3 Å². The summed E-state index contributed by atoms with van der Waals surface area (Å²) in [7, 11) is -3.23. The van der Waals surface area contributed by atoms with Crippen molar-refractivity contribution in [3.63, 3.8) is 0 Å². The smallest absolute Gasteiger partial charge is 0.475 e. The van der Waals surface area contributed by atoms with Crippen LogP contribution in [-0.4, -0.2) is 73.1 Å². The highest BCUT2D eigenvalue weighted by molar-refractivity contribution is 7.89. The van der Waals surface area contributed by atoms with Gasteiger partial charge in [-0.1, -0.05) is 6.07 Å². The number of alkyl halides is 3. The minimum atomic E-state index is -5.08. The lowest BCUT2D eigenvalue weighted by Gasteiger charge is -2.45. The molecule has 3 heterocycles. The van der Waals surface area contributed by atoms with E-state index < -0.39 is 22.2 Å². The third-order valence-corrected chi connectivity index (χ3v) is 6.34. The van der Waals surface area contributed by atoms with Crippen LogP contribution in [0.3, 0.4) is 0 Å². The first-order valence-electron chi connectivity index (χ1n) is 9.55. The second kappa shape index (κ2) is 10.5. The van der Waals surface area contributed by atoms with Crippen molar-refractivity contribution in [1.29, 1.82) is 0 Å². The largest absolute Gasteiger partial charge is 0.490 e. The van der Waals surface area contributed by atoms with Crippen molar-refractivity contribution in [1.82, 2.24) is 14.6 Å². The number of nitrogens with one attached hydrogen (secondary N) is 1. The average Bonchev–Trinajstić information content (AvgIpc) is 2.68. The number of carboxylic acids is 1. The van der Waals surface area contributed by atoms with Gasteiger partial charge in [0.15, 0.2) is 0 Å². The number of nitrogens with zero attached hydrogens (tertiary/aromatic N) is 2. The topological polar surface area (TPSA) is 109 Å². The fraction of sp³-hybridized carbons (Fsp3) is 0.667. The number of piperidine rings is 1. The molecule has 0 spiro atoms. The molecular weight excluding hydrogens is 427 g/mol. The predicted molar refractivity (Wildman–Crippen MR) is 102 cm³/mol. The van der Waals surface area contributed by atoms with E-state index in [4.69, 9.17) is 14.6 Å². The number of sulfonamides is 1. The van der Waals surface area contributed by atoms with Crippen molar-refractivity contribution < 1.29 is 36.2 Å². The van der Waals surface area contributed by atoms with Crippen LogP contribution in [0, 0.1) is 5.92 Å². The number of hydrogen-bond donors (Lipinski definition) is 2. The molecule has 2 aliphatic rings. The van der Waals surface area contributed by atoms with Crippen LogP contribution in [0.25, 0.3) is 0 Å². The number of ether oxygens (including phenoxy) is 1. The molecule has 2 saturated heterocycles. The number of likely N-dealkylation sites (tertiary alicyclic amines) is 1. The first kappa shape index (κ1) is 24.5. The van der Waals surface area contributed by atoms with Gasteiger partial charge in [-0.2, -0.15) is 13.2 Å². The molecule has 2 N–H and O–H groups in total. The van der Waals surface area contributed by atoms with Crippen molar-refractivity contribution in [3.05, 3.63) is 30.1 Å². The van der Waals surface area contributed by atoms with Crippen LogP contribution in [0.5, 0.6) is 0 Å². The first-order valence-corrected chi connectivity index (χ1v) is 11.2. The number of aromatic nitrogens is 1. The number of halogens is 3. The van der Waals surface area contributed by atoms with Gasteiger partial charge in [-0.25, -0.2) is 17.9 Å². The molecule has 30 heavy (non-hydrogen) atoms. The Labute approximate surface area is 173 Å². The molecule has 0 bridgehead atoms. The number of rotatable bonds is 5. The van der Waals surface area contributed by atoms with Crippen molar-refractivity contribution in [2.75, 3.05) is 25.4 Å². The van der Waals surface area contributed by atoms with Crippen LogP contribution >= 0.6 is 0 Å². The van der Waals surface area contributed by atoms with Gasteiger partial charge in [-0.15, -0.1) is 0 Å². The lowest BCUT2D eigenvalue weighted by atomic mass is 9.85. The second-order valence-corrected chi connectivity index (χ2v) is 9.27. The molecule has 0 amide bonds. The molecule has 8 nitrogen and oxygen atoms in total. The molecule has 3 rings (SSSR count). The third-order valence-electron chi connectivity index (χ3n) is 4.92. The minimum Gasteiger partial charge on any atom is -0.475 e. The number of hydrogen-bond acceptors (Lipinski definition) is 6. The Morgan fingerprint density at radius 2 is 2.10 bits per heavy atom. The monoisotopic (exact) mass is 453 g/mol. The maximum Gasteiger partial charge on any atom is 0.490 e. The lowest BCUT2D eigenvalue weighted by Crippen LogP contribution is -2.60. The quantitative estimate of drug-likeness (QED) is 0.698. The number of aliphatic carboxylic acids is 1. The van der Waals surface area contributed by atoms with E-state index >= 15 is 0 Å².